The average Bonchev–Trinajstić information content (AvgIpc) is 3.48. The summed E-state index contributed by atoms with van der Waals surface area (Å²) in [5, 5.41) is 0. The topological polar surface area (TPSA) is 61.5 Å². The van der Waals surface area contributed by atoms with E-state index in [0.29, 0.717) is 17.8 Å². The number of rotatable bonds is 3. The van der Waals surface area contributed by atoms with Crippen molar-refractivity contribution < 1.29 is 9.53 Å². The number of ether oxygens (including phenoxy) is 1. The molecule has 3 fully saturated rings. The van der Waals surface area contributed by atoms with Crippen molar-refractivity contribution in [3.8, 4) is 11.4 Å². The van der Waals surface area contributed by atoms with Gasteiger partial charge < -0.3 is 14.6 Å². The van der Waals surface area contributed by atoms with E-state index in [2.05, 4.69) is 14.9 Å². The molecule has 0 radical (unpaired) electrons. The first-order valence-corrected chi connectivity index (χ1v) is 9.95. The van der Waals surface area contributed by atoms with Crippen LogP contribution in [0, 0.1) is 12.8 Å². The highest BCUT2D eigenvalue weighted by Gasteiger charge is 2.43. The van der Waals surface area contributed by atoms with Crippen LogP contribution in [-0.4, -0.2) is 70.6 Å². The predicted molar refractivity (Wildman–Crippen MR) is 102 cm³/mol. The lowest BCUT2D eigenvalue weighted by Crippen LogP contribution is -2.63. The number of benzene rings is 1. The Kier molecular flexibility index (Phi) is 4.25. The highest BCUT2D eigenvalue weighted by Crippen LogP contribution is 2.38. The molecule has 3 aliphatic rings. The van der Waals surface area contributed by atoms with Crippen LogP contribution in [-0.2, 0) is 4.74 Å². The number of hydrogen-bond acceptors (Lipinski definition) is 4. The molecule has 142 valence electrons. The lowest BCUT2D eigenvalue weighted by Gasteiger charge is -2.48. The average molecular weight is 366 g/mol. The number of carbonyl (C=O) groups is 1. The molecule has 1 aromatic carbocycles. The molecule has 1 aliphatic carbocycles. The second kappa shape index (κ2) is 6.77. The summed E-state index contributed by atoms with van der Waals surface area (Å²) in [4.78, 5) is 25.6. The number of amides is 1. The number of H-pyrrole nitrogens is 1. The molecule has 2 saturated heterocycles. The van der Waals surface area contributed by atoms with Gasteiger partial charge in [-0.15, -0.1) is 0 Å². The van der Waals surface area contributed by atoms with Gasteiger partial charge in [-0.1, -0.05) is 30.3 Å². The van der Waals surface area contributed by atoms with Crippen LogP contribution in [0.3, 0.4) is 0 Å². The molecule has 2 atom stereocenters. The van der Waals surface area contributed by atoms with Gasteiger partial charge >= 0.3 is 0 Å². The molecule has 6 heteroatoms. The van der Waals surface area contributed by atoms with Gasteiger partial charge in [-0.25, -0.2) is 4.98 Å². The molecule has 3 heterocycles. The Bertz CT molecular complexity index is 830. The zero-order valence-corrected chi connectivity index (χ0v) is 15.7. The number of nitrogens with zero attached hydrogens (tertiary/aromatic N) is 3. The van der Waals surface area contributed by atoms with E-state index in [-0.39, 0.29) is 5.91 Å². The van der Waals surface area contributed by atoms with E-state index in [9.17, 15) is 4.79 Å². The molecule has 6 nitrogen and oxygen atoms in total. The lowest BCUT2D eigenvalue weighted by molar-refractivity contribution is -0.0816. The summed E-state index contributed by atoms with van der Waals surface area (Å²) in [7, 11) is 0. The second-order valence-corrected chi connectivity index (χ2v) is 8.01. The third kappa shape index (κ3) is 3.17. The zero-order valence-electron chi connectivity index (χ0n) is 15.7. The predicted octanol–water partition coefficient (Wildman–Crippen LogP) is 2.32. The third-order valence-electron chi connectivity index (χ3n) is 6.14. The Balaban J connectivity index is 1.32. The van der Waals surface area contributed by atoms with Crippen LogP contribution in [0.1, 0.15) is 29.0 Å². The summed E-state index contributed by atoms with van der Waals surface area (Å²) < 4.78 is 5.87. The Hall–Kier alpha value is -2.18. The number of aryl methyl sites for hydroxylation is 1. The molecule has 0 bridgehead atoms. The molecule has 0 unspecified atom stereocenters. The highest BCUT2D eigenvalue weighted by molar-refractivity contribution is 5.94. The van der Waals surface area contributed by atoms with Gasteiger partial charge in [0.1, 0.15) is 11.5 Å². The van der Waals surface area contributed by atoms with Gasteiger partial charge in [-0.05, 0) is 25.7 Å². The first-order valence-electron chi connectivity index (χ1n) is 9.95. The van der Waals surface area contributed by atoms with Crippen LogP contribution >= 0.6 is 0 Å². The van der Waals surface area contributed by atoms with Crippen LogP contribution < -0.4 is 0 Å². The number of piperazine rings is 1. The largest absolute Gasteiger partial charge is 0.378 e. The number of morpholine rings is 1. The monoisotopic (exact) mass is 366 g/mol. The van der Waals surface area contributed by atoms with E-state index < -0.39 is 0 Å². The number of aromatic amines is 1. The van der Waals surface area contributed by atoms with E-state index in [0.717, 1.165) is 55.8 Å². The van der Waals surface area contributed by atoms with Crippen molar-refractivity contribution in [1.29, 1.82) is 0 Å². The van der Waals surface area contributed by atoms with Gasteiger partial charge in [0.15, 0.2) is 0 Å². The normalized spacial score (nSPS) is 26.0. The molecule has 1 saturated carbocycles. The van der Waals surface area contributed by atoms with Crippen LogP contribution in [0.2, 0.25) is 0 Å². The summed E-state index contributed by atoms with van der Waals surface area (Å²) in [6.07, 6.45) is 2.66. The van der Waals surface area contributed by atoms with Gasteiger partial charge in [-0.3, -0.25) is 9.69 Å². The fourth-order valence-corrected chi connectivity index (χ4v) is 4.50. The van der Waals surface area contributed by atoms with Crippen LogP contribution in [0.15, 0.2) is 30.3 Å². The molecule has 1 aromatic heterocycles. The van der Waals surface area contributed by atoms with Crippen molar-refractivity contribution in [2.45, 2.75) is 31.8 Å². The Morgan fingerprint density at radius 2 is 2.00 bits per heavy atom. The molecule has 27 heavy (non-hydrogen) atoms. The first-order chi connectivity index (χ1) is 13.2. The summed E-state index contributed by atoms with van der Waals surface area (Å²) >= 11 is 0. The van der Waals surface area contributed by atoms with Crippen LogP contribution in [0.4, 0.5) is 0 Å². The smallest absolute Gasteiger partial charge is 0.274 e. The molecule has 1 amide bonds. The molecule has 1 N–H and O–H groups in total. The number of hydrogen-bond donors (Lipinski definition) is 1. The summed E-state index contributed by atoms with van der Waals surface area (Å²) in [6, 6.07) is 10.8. The van der Waals surface area contributed by atoms with Crippen molar-refractivity contribution in [3.05, 3.63) is 41.7 Å². The van der Waals surface area contributed by atoms with E-state index in [4.69, 9.17) is 4.74 Å². The van der Waals surface area contributed by atoms with Gasteiger partial charge in [-0.2, -0.15) is 0 Å². The van der Waals surface area contributed by atoms with Crippen molar-refractivity contribution in [2.24, 2.45) is 5.92 Å². The molecular weight excluding hydrogens is 340 g/mol. The van der Waals surface area contributed by atoms with Crippen molar-refractivity contribution in [3.63, 3.8) is 0 Å². The Morgan fingerprint density at radius 3 is 2.78 bits per heavy atom. The summed E-state index contributed by atoms with van der Waals surface area (Å²) in [5.41, 5.74) is 2.37. The van der Waals surface area contributed by atoms with Crippen LogP contribution in [0.25, 0.3) is 11.4 Å². The summed E-state index contributed by atoms with van der Waals surface area (Å²) in [5.74, 6) is 1.58. The van der Waals surface area contributed by atoms with Gasteiger partial charge in [0.25, 0.3) is 5.91 Å². The fourth-order valence-electron chi connectivity index (χ4n) is 4.50. The van der Waals surface area contributed by atoms with E-state index in [1.54, 1.807) is 0 Å². The second-order valence-electron chi connectivity index (χ2n) is 8.01. The SMILES string of the molecule is Cc1[nH]c(-c2ccccc2)nc1C(=O)N1CCN2[C@@H](COC[C@@H]2C2CC2)C1. The van der Waals surface area contributed by atoms with Crippen molar-refractivity contribution in [1.82, 2.24) is 19.8 Å². The minimum Gasteiger partial charge on any atom is -0.378 e. The van der Waals surface area contributed by atoms with E-state index >= 15 is 0 Å². The molecule has 2 aliphatic heterocycles. The maximum absolute atomic E-state index is 13.2. The molecular formula is C21H26N4O2. The number of nitrogens with one attached hydrogen (secondary N) is 1. The lowest BCUT2D eigenvalue weighted by atomic mass is 10.0. The number of carbonyl (C=O) groups excluding carboxylic acids is 1. The molecule has 5 rings (SSSR count). The Labute approximate surface area is 159 Å². The fraction of sp³-hybridized carbons (Fsp3) is 0.524. The van der Waals surface area contributed by atoms with Crippen molar-refractivity contribution in [2.75, 3.05) is 32.8 Å². The van der Waals surface area contributed by atoms with Gasteiger partial charge in [0, 0.05) is 36.9 Å². The molecule has 2 aromatic rings. The Morgan fingerprint density at radius 1 is 1.19 bits per heavy atom. The van der Waals surface area contributed by atoms with E-state index in [1.165, 1.54) is 12.8 Å². The molecule has 0 spiro atoms. The van der Waals surface area contributed by atoms with Gasteiger partial charge in [0.05, 0.1) is 19.3 Å². The number of imidazole rings is 1. The quantitative estimate of drug-likeness (QED) is 0.906. The minimum absolute atomic E-state index is 0.0270. The summed E-state index contributed by atoms with van der Waals surface area (Å²) in [6.45, 7) is 5.95. The van der Waals surface area contributed by atoms with Gasteiger partial charge in [0.2, 0.25) is 0 Å². The third-order valence-corrected chi connectivity index (χ3v) is 6.14. The van der Waals surface area contributed by atoms with Crippen LogP contribution in [0.5, 0.6) is 0 Å². The maximum Gasteiger partial charge on any atom is 0.274 e. The zero-order chi connectivity index (χ0) is 18.4. The number of aromatic nitrogens is 2. The first kappa shape index (κ1) is 17.0. The number of fused-ring (bicyclic) bond motifs is 1. The minimum atomic E-state index is 0.0270. The maximum atomic E-state index is 13.2. The highest BCUT2D eigenvalue weighted by atomic mass is 16.5. The van der Waals surface area contributed by atoms with E-state index in [1.807, 2.05) is 42.2 Å². The van der Waals surface area contributed by atoms with Crippen molar-refractivity contribution >= 4 is 5.91 Å². The standard InChI is InChI=1S/C21H26N4O2/c1-14-19(23-20(22-14)16-5-3-2-4-6-16)21(26)24-9-10-25-17(11-24)12-27-13-18(25)15-7-8-15/h2-6,15,17-18H,7-13H2,1H3,(H,22,23)/t17-,18-/m1/s1.